The summed E-state index contributed by atoms with van der Waals surface area (Å²) in [6.45, 7) is 0. The van der Waals surface area contributed by atoms with E-state index in [1.54, 1.807) is 6.26 Å². The summed E-state index contributed by atoms with van der Waals surface area (Å²) in [7, 11) is 0. The third kappa shape index (κ3) is 3.19. The molecule has 27 heavy (non-hydrogen) atoms. The number of thiazole rings is 1. The van der Waals surface area contributed by atoms with Crippen molar-refractivity contribution >= 4 is 22.9 Å². The fraction of sp³-hybridized carbons (Fsp3) is 0.300. The fourth-order valence-corrected chi connectivity index (χ4v) is 4.35. The van der Waals surface area contributed by atoms with Crippen molar-refractivity contribution in [2.75, 3.05) is 5.32 Å². The molecule has 2 aromatic heterocycles. The van der Waals surface area contributed by atoms with Gasteiger partial charge in [0.2, 0.25) is 5.91 Å². The van der Waals surface area contributed by atoms with Crippen LogP contribution >= 0.6 is 11.3 Å². The molecule has 3 aromatic rings. The van der Waals surface area contributed by atoms with Crippen LogP contribution in [0, 0.1) is 0 Å². The molecule has 138 valence electrons. The molecule has 1 aliphatic carbocycles. The maximum atomic E-state index is 12.4. The first-order valence-electron chi connectivity index (χ1n) is 8.99. The Morgan fingerprint density at radius 2 is 2.04 bits per heavy atom. The first-order chi connectivity index (χ1) is 13.2. The third-order valence-electron chi connectivity index (χ3n) is 4.81. The van der Waals surface area contributed by atoms with E-state index in [2.05, 4.69) is 10.3 Å². The first kappa shape index (κ1) is 16.4. The minimum atomic E-state index is -0.492. The summed E-state index contributed by atoms with van der Waals surface area (Å²) in [5, 5.41) is 5.56. The van der Waals surface area contributed by atoms with Gasteiger partial charge in [0.1, 0.15) is 0 Å². The number of benzene rings is 1. The van der Waals surface area contributed by atoms with Crippen LogP contribution in [0.5, 0.6) is 11.5 Å². The molecule has 0 radical (unpaired) electrons. The Morgan fingerprint density at radius 1 is 1.19 bits per heavy atom. The van der Waals surface area contributed by atoms with E-state index < -0.39 is 5.79 Å². The number of nitrogens with zero attached hydrogens (tertiary/aromatic N) is 1. The second-order valence-electron chi connectivity index (χ2n) is 6.83. The van der Waals surface area contributed by atoms with E-state index in [1.165, 1.54) is 11.3 Å². The zero-order valence-electron chi connectivity index (χ0n) is 14.6. The van der Waals surface area contributed by atoms with Crippen molar-refractivity contribution in [2.45, 2.75) is 37.9 Å². The number of amides is 1. The lowest BCUT2D eigenvalue weighted by atomic mass is 10.2. The molecule has 0 saturated heterocycles. The molecule has 2 aliphatic rings. The number of nitrogens with one attached hydrogen (secondary N) is 1. The van der Waals surface area contributed by atoms with Gasteiger partial charge in [-0.3, -0.25) is 4.79 Å². The second kappa shape index (κ2) is 6.42. The minimum Gasteiger partial charge on any atom is -0.462 e. The Hall–Kier alpha value is -2.80. The number of carbonyl (C=O) groups is 1. The first-order valence-corrected chi connectivity index (χ1v) is 9.87. The summed E-state index contributed by atoms with van der Waals surface area (Å²) in [6.07, 6.45) is 5.86. The van der Waals surface area contributed by atoms with Gasteiger partial charge in [-0.05, 0) is 37.1 Å². The van der Waals surface area contributed by atoms with E-state index in [1.807, 2.05) is 35.7 Å². The summed E-state index contributed by atoms with van der Waals surface area (Å²) >= 11 is 1.46. The largest absolute Gasteiger partial charge is 0.462 e. The van der Waals surface area contributed by atoms with Crippen LogP contribution in [0.2, 0.25) is 0 Å². The predicted octanol–water partition coefficient (Wildman–Crippen LogP) is 4.63. The monoisotopic (exact) mass is 382 g/mol. The molecule has 3 heterocycles. The van der Waals surface area contributed by atoms with Gasteiger partial charge in [-0.1, -0.05) is 0 Å². The number of rotatable bonds is 4. The number of hydrogen-bond acceptors (Lipinski definition) is 6. The number of hydrogen-bond donors (Lipinski definition) is 1. The highest BCUT2D eigenvalue weighted by atomic mass is 32.1. The summed E-state index contributed by atoms with van der Waals surface area (Å²) < 4.78 is 17.4. The van der Waals surface area contributed by atoms with Crippen LogP contribution in [-0.4, -0.2) is 16.7 Å². The van der Waals surface area contributed by atoms with Crippen LogP contribution in [0.3, 0.4) is 0 Å². The molecule has 1 N–H and O–H groups in total. The van der Waals surface area contributed by atoms with E-state index in [0.29, 0.717) is 17.2 Å². The number of aromatic nitrogens is 1. The fourth-order valence-electron chi connectivity index (χ4n) is 3.56. The van der Waals surface area contributed by atoms with Crippen molar-refractivity contribution in [1.82, 2.24) is 4.98 Å². The van der Waals surface area contributed by atoms with Crippen molar-refractivity contribution in [3.8, 4) is 22.3 Å². The lowest BCUT2D eigenvalue weighted by Gasteiger charge is -2.21. The summed E-state index contributed by atoms with van der Waals surface area (Å²) in [6, 6.07) is 9.19. The van der Waals surface area contributed by atoms with Crippen molar-refractivity contribution in [3.63, 3.8) is 0 Å². The molecule has 6 nitrogen and oxygen atoms in total. The topological polar surface area (TPSA) is 73.6 Å². The van der Waals surface area contributed by atoms with Crippen molar-refractivity contribution < 1.29 is 18.7 Å². The van der Waals surface area contributed by atoms with E-state index in [4.69, 9.17) is 13.9 Å². The van der Waals surface area contributed by atoms with E-state index in [0.717, 1.165) is 42.1 Å². The summed E-state index contributed by atoms with van der Waals surface area (Å²) in [4.78, 5) is 16.8. The van der Waals surface area contributed by atoms with Crippen molar-refractivity contribution in [1.29, 1.82) is 0 Å². The quantitative estimate of drug-likeness (QED) is 0.712. The molecule has 5 rings (SSSR count). The van der Waals surface area contributed by atoms with Crippen LogP contribution in [0.25, 0.3) is 10.8 Å². The standard InChI is InChI=1S/C20H18N2O4S/c23-18(11-14-12-27-19(22-14)16-4-3-9-24-16)21-13-5-6-15-17(10-13)26-20(25-15)7-1-2-8-20/h3-6,9-10,12H,1-2,7-8,11H2,(H,21,23). The zero-order chi connectivity index (χ0) is 18.3. The Kier molecular flexibility index (Phi) is 3.89. The van der Waals surface area contributed by atoms with Gasteiger partial charge in [0.05, 0.1) is 18.4 Å². The molecule has 1 saturated carbocycles. The van der Waals surface area contributed by atoms with Gasteiger partial charge >= 0.3 is 0 Å². The van der Waals surface area contributed by atoms with Crippen LogP contribution in [0.4, 0.5) is 5.69 Å². The van der Waals surface area contributed by atoms with Crippen LogP contribution in [0.15, 0.2) is 46.4 Å². The maximum Gasteiger partial charge on any atom is 0.251 e. The normalized spacial score (nSPS) is 16.7. The predicted molar refractivity (Wildman–Crippen MR) is 101 cm³/mol. The molecule has 0 bridgehead atoms. The Bertz CT molecular complexity index is 974. The van der Waals surface area contributed by atoms with Gasteiger partial charge in [0.25, 0.3) is 5.79 Å². The molecular weight excluding hydrogens is 364 g/mol. The van der Waals surface area contributed by atoms with Crippen LogP contribution in [-0.2, 0) is 11.2 Å². The number of anilines is 1. The average molecular weight is 382 g/mol. The summed E-state index contributed by atoms with van der Waals surface area (Å²) in [5.74, 6) is 1.54. The Balaban J connectivity index is 1.24. The van der Waals surface area contributed by atoms with Crippen LogP contribution in [0.1, 0.15) is 31.4 Å². The highest BCUT2D eigenvalue weighted by molar-refractivity contribution is 7.13. The number of carbonyl (C=O) groups excluding carboxylic acids is 1. The maximum absolute atomic E-state index is 12.4. The number of fused-ring (bicyclic) bond motifs is 1. The second-order valence-corrected chi connectivity index (χ2v) is 7.69. The molecule has 1 aliphatic heterocycles. The Morgan fingerprint density at radius 3 is 2.85 bits per heavy atom. The van der Waals surface area contributed by atoms with Crippen LogP contribution < -0.4 is 14.8 Å². The number of ether oxygens (including phenoxy) is 2. The molecule has 1 spiro atoms. The molecule has 7 heteroatoms. The molecule has 1 amide bonds. The van der Waals surface area contributed by atoms with Crippen molar-refractivity contribution in [2.24, 2.45) is 0 Å². The highest BCUT2D eigenvalue weighted by Crippen LogP contribution is 2.47. The Labute approximate surface area is 160 Å². The van der Waals surface area contributed by atoms with E-state index in [-0.39, 0.29) is 12.3 Å². The van der Waals surface area contributed by atoms with Gasteiger partial charge in [-0.2, -0.15) is 0 Å². The van der Waals surface area contributed by atoms with E-state index >= 15 is 0 Å². The SMILES string of the molecule is O=C(Cc1csc(-c2ccco2)n1)Nc1ccc2c(c1)OC1(CCCC1)O2. The third-order valence-corrected chi connectivity index (χ3v) is 5.72. The molecule has 1 fully saturated rings. The number of furan rings is 1. The van der Waals surface area contributed by atoms with Gasteiger partial charge in [0, 0.05) is 30.0 Å². The molecular formula is C20H18N2O4S. The smallest absolute Gasteiger partial charge is 0.251 e. The average Bonchev–Trinajstić information content (AvgIpc) is 3.41. The molecule has 0 unspecified atom stereocenters. The minimum absolute atomic E-state index is 0.124. The summed E-state index contributed by atoms with van der Waals surface area (Å²) in [5.41, 5.74) is 1.41. The molecule has 0 atom stereocenters. The van der Waals surface area contributed by atoms with Gasteiger partial charge < -0.3 is 19.2 Å². The zero-order valence-corrected chi connectivity index (χ0v) is 15.4. The lowest BCUT2D eigenvalue weighted by Crippen LogP contribution is -2.34. The van der Waals surface area contributed by atoms with E-state index in [9.17, 15) is 4.79 Å². The lowest BCUT2D eigenvalue weighted by molar-refractivity contribution is -0.115. The highest BCUT2D eigenvalue weighted by Gasteiger charge is 2.44. The molecule has 1 aromatic carbocycles. The van der Waals surface area contributed by atoms with Gasteiger partial charge in [-0.25, -0.2) is 4.98 Å². The van der Waals surface area contributed by atoms with Gasteiger partial charge in [-0.15, -0.1) is 11.3 Å². The van der Waals surface area contributed by atoms with Gasteiger partial charge in [0.15, 0.2) is 22.3 Å². The van der Waals surface area contributed by atoms with Crippen molar-refractivity contribution in [3.05, 3.63) is 47.7 Å².